The molecule has 15 heavy (non-hydrogen) atoms. The molecule has 2 heteroatoms. The van der Waals surface area contributed by atoms with Crippen LogP contribution in [0.1, 0.15) is 50.3 Å². The summed E-state index contributed by atoms with van der Waals surface area (Å²) in [5.41, 5.74) is 3.23. The molecule has 0 aromatic carbocycles. The Morgan fingerprint density at radius 2 is 2.00 bits per heavy atom. The molecule has 0 aliphatic heterocycles. The fourth-order valence-electron chi connectivity index (χ4n) is 2.18. The Morgan fingerprint density at radius 1 is 1.33 bits per heavy atom. The second-order valence-electron chi connectivity index (χ2n) is 5.04. The Balaban J connectivity index is 2.70. The molecule has 0 amide bonds. The fraction of sp³-hybridized carbons (Fsp3) is 0.462. The van der Waals surface area contributed by atoms with E-state index in [9.17, 15) is 5.11 Å². The minimum Gasteiger partial charge on any atom is -0.493 e. The van der Waals surface area contributed by atoms with Gasteiger partial charge in [-0.1, -0.05) is 39.8 Å². The lowest BCUT2D eigenvalue weighted by atomic mass is 9.85. The second-order valence-corrected chi connectivity index (χ2v) is 5.04. The molecule has 1 heterocycles. The number of hydrogen-bond acceptors (Lipinski definition) is 2. The second kappa shape index (κ2) is 3.09. The molecule has 0 saturated heterocycles. The number of aromatic hydroxyl groups is 1. The molecule has 0 fully saturated rings. The molecule has 0 radical (unpaired) electrons. The van der Waals surface area contributed by atoms with Crippen molar-refractivity contribution in [2.45, 2.75) is 39.0 Å². The van der Waals surface area contributed by atoms with Crippen LogP contribution in [0.25, 0.3) is 6.08 Å². The largest absolute Gasteiger partial charge is 0.493 e. The van der Waals surface area contributed by atoms with E-state index < -0.39 is 0 Å². The number of hydrogen-bond donors (Lipinski definition) is 1. The number of rotatable bonds is 1. The van der Waals surface area contributed by atoms with Gasteiger partial charge in [-0.2, -0.15) is 0 Å². The van der Waals surface area contributed by atoms with E-state index in [2.05, 4.69) is 44.8 Å². The van der Waals surface area contributed by atoms with Crippen molar-refractivity contribution in [1.29, 1.82) is 0 Å². The van der Waals surface area contributed by atoms with Crippen LogP contribution in [0.15, 0.2) is 12.3 Å². The normalized spacial score (nSPS) is 17.1. The first-order chi connectivity index (χ1) is 6.93. The van der Waals surface area contributed by atoms with Crippen molar-refractivity contribution in [3.63, 3.8) is 0 Å². The Morgan fingerprint density at radius 3 is 2.60 bits per heavy atom. The highest BCUT2D eigenvalue weighted by atomic mass is 16.3. The highest BCUT2D eigenvalue weighted by Gasteiger charge is 2.31. The quantitative estimate of drug-likeness (QED) is 0.760. The van der Waals surface area contributed by atoms with Gasteiger partial charge in [0, 0.05) is 17.2 Å². The topological polar surface area (TPSA) is 33.1 Å². The van der Waals surface area contributed by atoms with Crippen LogP contribution in [0.2, 0.25) is 0 Å². The number of fused-ring (bicyclic) bond motifs is 1. The summed E-state index contributed by atoms with van der Waals surface area (Å²) >= 11 is 0. The van der Waals surface area contributed by atoms with E-state index in [1.54, 1.807) is 6.20 Å². The maximum atomic E-state index is 9.82. The lowest BCUT2D eigenvalue weighted by Gasteiger charge is -2.20. The van der Waals surface area contributed by atoms with Gasteiger partial charge in [-0.15, -0.1) is 0 Å². The minimum absolute atomic E-state index is 0.0999. The monoisotopic (exact) mass is 203 g/mol. The van der Waals surface area contributed by atoms with E-state index in [4.69, 9.17) is 0 Å². The van der Waals surface area contributed by atoms with Crippen LogP contribution >= 0.6 is 0 Å². The van der Waals surface area contributed by atoms with Gasteiger partial charge in [0.05, 0.1) is 0 Å². The van der Waals surface area contributed by atoms with Crippen LogP contribution in [-0.2, 0) is 5.41 Å². The molecule has 0 bridgehead atoms. The minimum atomic E-state index is -0.0999. The predicted molar refractivity (Wildman–Crippen MR) is 62.1 cm³/mol. The molecule has 0 saturated carbocycles. The maximum Gasteiger partial charge on any atom is 0.215 e. The summed E-state index contributed by atoms with van der Waals surface area (Å²) in [6.45, 7) is 8.49. The molecular weight excluding hydrogens is 186 g/mol. The lowest BCUT2D eigenvalue weighted by molar-refractivity contribution is 0.434. The van der Waals surface area contributed by atoms with E-state index in [1.165, 1.54) is 5.56 Å². The summed E-state index contributed by atoms with van der Waals surface area (Å²) in [6, 6.07) is 0. The van der Waals surface area contributed by atoms with E-state index >= 15 is 0 Å². The zero-order valence-corrected chi connectivity index (χ0v) is 9.70. The van der Waals surface area contributed by atoms with Crippen molar-refractivity contribution >= 4 is 6.08 Å². The van der Waals surface area contributed by atoms with Crippen molar-refractivity contribution in [2.75, 3.05) is 0 Å². The maximum absolute atomic E-state index is 9.82. The smallest absolute Gasteiger partial charge is 0.215 e. The standard InChI is InChI=1S/C13H17NO/c1-8(2)10-7-14-12(15)11-9(10)5-6-13(11,3)4/h5-8H,1-4H3,(H,14,15). The summed E-state index contributed by atoms with van der Waals surface area (Å²) in [5.74, 6) is 0.606. The van der Waals surface area contributed by atoms with E-state index in [0.717, 1.165) is 11.1 Å². The lowest BCUT2D eigenvalue weighted by Crippen LogP contribution is -2.12. The summed E-state index contributed by atoms with van der Waals surface area (Å²) in [7, 11) is 0. The van der Waals surface area contributed by atoms with Gasteiger partial charge in [0.25, 0.3) is 0 Å². The van der Waals surface area contributed by atoms with Gasteiger partial charge in [-0.3, -0.25) is 0 Å². The van der Waals surface area contributed by atoms with Crippen molar-refractivity contribution < 1.29 is 5.11 Å². The Kier molecular flexibility index (Phi) is 2.10. The molecule has 0 unspecified atom stereocenters. The predicted octanol–water partition coefficient (Wildman–Crippen LogP) is 3.22. The van der Waals surface area contributed by atoms with Gasteiger partial charge < -0.3 is 5.11 Å². The molecule has 2 nitrogen and oxygen atoms in total. The third kappa shape index (κ3) is 1.44. The van der Waals surface area contributed by atoms with Crippen LogP contribution in [0.3, 0.4) is 0 Å². The zero-order valence-electron chi connectivity index (χ0n) is 9.70. The van der Waals surface area contributed by atoms with Crippen molar-refractivity contribution in [3.05, 3.63) is 29.0 Å². The van der Waals surface area contributed by atoms with Crippen LogP contribution < -0.4 is 0 Å². The first-order valence-electron chi connectivity index (χ1n) is 5.35. The Labute approximate surface area is 90.7 Å². The number of aromatic nitrogens is 1. The van der Waals surface area contributed by atoms with E-state index in [-0.39, 0.29) is 11.3 Å². The first-order valence-corrected chi connectivity index (χ1v) is 5.35. The first kappa shape index (κ1) is 10.2. The Bertz CT molecular complexity index is 430. The third-order valence-electron chi connectivity index (χ3n) is 3.06. The molecular formula is C13H17NO. The zero-order chi connectivity index (χ0) is 11.2. The van der Waals surface area contributed by atoms with Gasteiger partial charge in [0.2, 0.25) is 5.88 Å². The molecule has 0 spiro atoms. The Hall–Kier alpha value is -1.31. The molecule has 1 aliphatic carbocycles. The fourth-order valence-corrected chi connectivity index (χ4v) is 2.18. The molecule has 1 aromatic heterocycles. The van der Waals surface area contributed by atoms with Crippen LogP contribution in [0, 0.1) is 0 Å². The van der Waals surface area contributed by atoms with Gasteiger partial charge in [0.1, 0.15) is 0 Å². The van der Waals surface area contributed by atoms with Crippen molar-refractivity contribution in [2.24, 2.45) is 0 Å². The summed E-state index contributed by atoms with van der Waals surface area (Å²) in [5, 5.41) is 9.82. The van der Waals surface area contributed by atoms with Crippen molar-refractivity contribution in [3.8, 4) is 5.88 Å². The summed E-state index contributed by atoms with van der Waals surface area (Å²) < 4.78 is 0. The summed E-state index contributed by atoms with van der Waals surface area (Å²) in [4.78, 5) is 4.08. The molecule has 1 aromatic rings. The van der Waals surface area contributed by atoms with Crippen molar-refractivity contribution in [1.82, 2.24) is 4.98 Å². The van der Waals surface area contributed by atoms with Crippen LogP contribution in [0.4, 0.5) is 0 Å². The molecule has 1 aliphatic rings. The third-order valence-corrected chi connectivity index (χ3v) is 3.06. The average molecular weight is 203 g/mol. The van der Waals surface area contributed by atoms with Gasteiger partial charge >= 0.3 is 0 Å². The van der Waals surface area contributed by atoms with Gasteiger partial charge in [0.15, 0.2) is 0 Å². The molecule has 2 rings (SSSR count). The number of pyridine rings is 1. The van der Waals surface area contributed by atoms with Crippen LogP contribution in [0.5, 0.6) is 5.88 Å². The molecule has 1 N–H and O–H groups in total. The van der Waals surface area contributed by atoms with Gasteiger partial charge in [-0.05, 0) is 17.0 Å². The van der Waals surface area contributed by atoms with Crippen LogP contribution in [-0.4, -0.2) is 10.1 Å². The molecule has 80 valence electrons. The SMILES string of the molecule is CC(C)c1cnc(O)c2c1C=CC2(C)C. The van der Waals surface area contributed by atoms with E-state index in [0.29, 0.717) is 5.92 Å². The van der Waals surface area contributed by atoms with Gasteiger partial charge in [-0.25, -0.2) is 4.98 Å². The average Bonchev–Trinajstić information content (AvgIpc) is 2.43. The number of nitrogens with zero attached hydrogens (tertiary/aromatic N) is 1. The number of allylic oxidation sites excluding steroid dienone is 1. The molecule has 0 atom stereocenters. The highest BCUT2D eigenvalue weighted by Crippen LogP contribution is 2.42. The summed E-state index contributed by atoms with van der Waals surface area (Å²) in [6.07, 6.45) is 6.02. The highest BCUT2D eigenvalue weighted by molar-refractivity contribution is 5.69. The van der Waals surface area contributed by atoms with E-state index in [1.807, 2.05) is 0 Å².